The number of carboxylic acids is 1. The molecular formula is C13H22N2O4. The van der Waals surface area contributed by atoms with E-state index in [1.165, 1.54) is 11.3 Å². The standard InChI is InChI=1S/C13H22N2O4/c1-9-3-2-4-10(7-9)14-13(18)15-5-6-19-8-11(15)12(16)17/h9-11H,2-8H2,1H3,(H,14,18)(H,16,17). The van der Waals surface area contributed by atoms with Gasteiger partial charge in [0.15, 0.2) is 6.04 Å². The molecule has 1 heterocycles. The van der Waals surface area contributed by atoms with E-state index >= 15 is 0 Å². The molecule has 1 aliphatic carbocycles. The second-order valence-corrected chi connectivity index (χ2v) is 5.54. The van der Waals surface area contributed by atoms with Crippen molar-refractivity contribution in [1.82, 2.24) is 10.2 Å². The summed E-state index contributed by atoms with van der Waals surface area (Å²) in [4.78, 5) is 24.7. The first kappa shape index (κ1) is 14.1. The fourth-order valence-corrected chi connectivity index (χ4v) is 2.87. The summed E-state index contributed by atoms with van der Waals surface area (Å²) in [5, 5.41) is 12.1. The van der Waals surface area contributed by atoms with Gasteiger partial charge in [-0.3, -0.25) is 0 Å². The lowest BCUT2D eigenvalue weighted by atomic mass is 9.87. The van der Waals surface area contributed by atoms with Gasteiger partial charge in [0.2, 0.25) is 0 Å². The Kier molecular flexibility index (Phi) is 4.63. The molecule has 2 aliphatic rings. The van der Waals surface area contributed by atoms with Crippen molar-refractivity contribution in [2.75, 3.05) is 19.8 Å². The third-order valence-electron chi connectivity index (χ3n) is 3.94. The Hall–Kier alpha value is -1.30. The fourth-order valence-electron chi connectivity index (χ4n) is 2.87. The number of carbonyl (C=O) groups excluding carboxylic acids is 1. The van der Waals surface area contributed by atoms with Crippen molar-refractivity contribution in [1.29, 1.82) is 0 Å². The van der Waals surface area contributed by atoms with Crippen molar-refractivity contribution in [3.63, 3.8) is 0 Å². The minimum atomic E-state index is -1.01. The van der Waals surface area contributed by atoms with Gasteiger partial charge in [-0.25, -0.2) is 9.59 Å². The van der Waals surface area contributed by atoms with E-state index < -0.39 is 12.0 Å². The zero-order valence-corrected chi connectivity index (χ0v) is 11.3. The van der Waals surface area contributed by atoms with Gasteiger partial charge in [-0.15, -0.1) is 0 Å². The van der Waals surface area contributed by atoms with E-state index in [0.717, 1.165) is 19.3 Å². The zero-order valence-electron chi connectivity index (χ0n) is 11.3. The Bertz CT molecular complexity index is 348. The van der Waals surface area contributed by atoms with Crippen LogP contribution in [-0.2, 0) is 9.53 Å². The van der Waals surface area contributed by atoms with Crippen molar-refractivity contribution in [3.05, 3.63) is 0 Å². The predicted octanol–water partition coefficient (Wildman–Crippen LogP) is 1.06. The maximum absolute atomic E-state index is 12.2. The molecule has 0 aromatic rings. The van der Waals surface area contributed by atoms with Crippen molar-refractivity contribution in [2.24, 2.45) is 5.92 Å². The van der Waals surface area contributed by atoms with E-state index in [9.17, 15) is 9.59 Å². The molecule has 0 aromatic carbocycles. The molecule has 6 heteroatoms. The molecule has 1 aliphatic heterocycles. The Morgan fingerprint density at radius 2 is 2.16 bits per heavy atom. The van der Waals surface area contributed by atoms with E-state index in [2.05, 4.69) is 12.2 Å². The number of nitrogens with one attached hydrogen (secondary N) is 1. The molecule has 2 fully saturated rings. The summed E-state index contributed by atoms with van der Waals surface area (Å²) in [5.41, 5.74) is 0. The van der Waals surface area contributed by atoms with E-state index in [4.69, 9.17) is 9.84 Å². The van der Waals surface area contributed by atoms with Gasteiger partial charge in [-0.05, 0) is 18.8 Å². The molecule has 0 bridgehead atoms. The molecule has 0 spiro atoms. The van der Waals surface area contributed by atoms with Gasteiger partial charge >= 0.3 is 12.0 Å². The third-order valence-corrected chi connectivity index (χ3v) is 3.94. The first-order valence-corrected chi connectivity index (χ1v) is 6.95. The normalized spacial score (nSPS) is 31.8. The number of hydrogen-bond donors (Lipinski definition) is 2. The van der Waals surface area contributed by atoms with Crippen LogP contribution in [0.15, 0.2) is 0 Å². The fraction of sp³-hybridized carbons (Fsp3) is 0.846. The highest BCUT2D eigenvalue weighted by Crippen LogP contribution is 2.23. The SMILES string of the molecule is CC1CCCC(NC(=O)N2CCOCC2C(=O)O)C1. The van der Waals surface area contributed by atoms with Crippen LogP contribution >= 0.6 is 0 Å². The Morgan fingerprint density at radius 3 is 2.84 bits per heavy atom. The molecule has 108 valence electrons. The largest absolute Gasteiger partial charge is 0.480 e. The predicted molar refractivity (Wildman–Crippen MR) is 68.9 cm³/mol. The van der Waals surface area contributed by atoms with Crippen LogP contribution in [0.25, 0.3) is 0 Å². The topological polar surface area (TPSA) is 78.9 Å². The van der Waals surface area contributed by atoms with E-state index in [0.29, 0.717) is 19.1 Å². The number of amides is 2. The molecule has 1 saturated carbocycles. The van der Waals surface area contributed by atoms with E-state index in [-0.39, 0.29) is 18.7 Å². The van der Waals surface area contributed by atoms with Crippen molar-refractivity contribution < 1.29 is 19.4 Å². The summed E-state index contributed by atoms with van der Waals surface area (Å²) >= 11 is 0. The second-order valence-electron chi connectivity index (χ2n) is 5.54. The van der Waals surface area contributed by atoms with Crippen molar-refractivity contribution in [2.45, 2.75) is 44.7 Å². The van der Waals surface area contributed by atoms with Crippen LogP contribution in [0.5, 0.6) is 0 Å². The zero-order chi connectivity index (χ0) is 13.8. The number of carboxylic acid groups (broad SMARTS) is 1. The minimum absolute atomic E-state index is 0.0732. The maximum atomic E-state index is 12.2. The molecule has 3 atom stereocenters. The number of nitrogens with zero attached hydrogens (tertiary/aromatic N) is 1. The number of ether oxygens (including phenoxy) is 1. The van der Waals surface area contributed by atoms with Gasteiger partial charge in [0.05, 0.1) is 13.2 Å². The van der Waals surface area contributed by atoms with Crippen molar-refractivity contribution in [3.8, 4) is 0 Å². The first-order valence-electron chi connectivity index (χ1n) is 6.95. The number of morpholine rings is 1. The summed E-state index contributed by atoms with van der Waals surface area (Å²) in [6.07, 6.45) is 4.30. The highest BCUT2D eigenvalue weighted by Gasteiger charge is 2.34. The first-order chi connectivity index (χ1) is 9.08. The highest BCUT2D eigenvalue weighted by atomic mass is 16.5. The molecule has 0 radical (unpaired) electrons. The van der Waals surface area contributed by atoms with Crippen LogP contribution in [0.1, 0.15) is 32.6 Å². The number of aliphatic carboxylic acids is 1. The molecule has 1 saturated heterocycles. The number of hydrogen-bond acceptors (Lipinski definition) is 3. The van der Waals surface area contributed by atoms with Gasteiger partial charge in [-0.1, -0.05) is 19.8 Å². The van der Waals surface area contributed by atoms with E-state index in [1.54, 1.807) is 0 Å². The van der Waals surface area contributed by atoms with Crippen LogP contribution in [0, 0.1) is 5.92 Å². The third kappa shape index (κ3) is 3.59. The summed E-state index contributed by atoms with van der Waals surface area (Å²) < 4.78 is 5.13. The van der Waals surface area contributed by atoms with Gasteiger partial charge in [0.1, 0.15) is 0 Å². The summed E-state index contributed by atoms with van der Waals surface area (Å²) in [6.45, 7) is 3.00. The Labute approximate surface area is 113 Å². The molecule has 19 heavy (non-hydrogen) atoms. The van der Waals surface area contributed by atoms with Crippen LogP contribution in [0.3, 0.4) is 0 Å². The van der Waals surface area contributed by atoms with Gasteiger partial charge in [-0.2, -0.15) is 0 Å². The quantitative estimate of drug-likeness (QED) is 0.786. The lowest BCUT2D eigenvalue weighted by Crippen LogP contribution is -2.57. The Balaban J connectivity index is 1.92. The lowest BCUT2D eigenvalue weighted by Gasteiger charge is -2.35. The summed E-state index contributed by atoms with van der Waals surface area (Å²) in [5.74, 6) is -0.383. The molecule has 0 aromatic heterocycles. The molecule has 6 nitrogen and oxygen atoms in total. The average Bonchev–Trinajstić information content (AvgIpc) is 2.38. The van der Waals surface area contributed by atoms with Gasteiger partial charge < -0.3 is 20.1 Å². The molecule has 2 N–H and O–H groups in total. The smallest absolute Gasteiger partial charge is 0.328 e. The second kappa shape index (κ2) is 6.23. The van der Waals surface area contributed by atoms with Crippen LogP contribution in [0.2, 0.25) is 0 Å². The van der Waals surface area contributed by atoms with Crippen molar-refractivity contribution >= 4 is 12.0 Å². The number of carbonyl (C=O) groups is 2. The van der Waals surface area contributed by atoms with Gasteiger partial charge in [0.25, 0.3) is 0 Å². The number of urea groups is 1. The number of rotatable bonds is 2. The maximum Gasteiger partial charge on any atom is 0.328 e. The molecular weight excluding hydrogens is 248 g/mol. The van der Waals surface area contributed by atoms with Crippen LogP contribution < -0.4 is 5.32 Å². The summed E-state index contributed by atoms with van der Waals surface area (Å²) in [7, 11) is 0. The van der Waals surface area contributed by atoms with Crippen LogP contribution in [0.4, 0.5) is 4.79 Å². The monoisotopic (exact) mass is 270 g/mol. The highest BCUT2D eigenvalue weighted by molar-refractivity contribution is 5.83. The minimum Gasteiger partial charge on any atom is -0.480 e. The average molecular weight is 270 g/mol. The summed E-state index contributed by atoms with van der Waals surface area (Å²) in [6, 6.07) is -0.960. The van der Waals surface area contributed by atoms with E-state index in [1.807, 2.05) is 0 Å². The Morgan fingerprint density at radius 1 is 1.37 bits per heavy atom. The lowest BCUT2D eigenvalue weighted by molar-refractivity contribution is -0.147. The van der Waals surface area contributed by atoms with Crippen LogP contribution in [-0.4, -0.2) is 53.8 Å². The molecule has 2 amide bonds. The molecule has 2 rings (SSSR count). The molecule has 3 unspecified atom stereocenters. The van der Waals surface area contributed by atoms with Gasteiger partial charge in [0, 0.05) is 12.6 Å².